The van der Waals surface area contributed by atoms with Crippen molar-refractivity contribution in [2.45, 2.75) is 39.3 Å². The van der Waals surface area contributed by atoms with Crippen LogP contribution in [0.1, 0.15) is 30.5 Å². The number of carbonyl (C=O) groups is 1. The molecule has 2 aromatic rings. The molecule has 0 aliphatic carbocycles. The molecular weight excluding hydrogens is 412 g/mol. The Bertz CT molecular complexity index is 1020. The first-order valence-corrected chi connectivity index (χ1v) is 11.8. The second-order valence-electron chi connectivity index (χ2n) is 7.04. The van der Waals surface area contributed by atoms with E-state index in [4.69, 9.17) is 16.3 Å². The zero-order valence-electron chi connectivity index (χ0n) is 16.7. The number of nitrogens with one attached hydrogen (secondary N) is 1. The van der Waals surface area contributed by atoms with Gasteiger partial charge >= 0.3 is 0 Å². The van der Waals surface area contributed by atoms with Crippen molar-refractivity contribution >= 4 is 33.2 Å². The van der Waals surface area contributed by atoms with Crippen molar-refractivity contribution in [2.75, 3.05) is 17.1 Å². The van der Waals surface area contributed by atoms with Gasteiger partial charge in [-0.1, -0.05) is 43.6 Å². The summed E-state index contributed by atoms with van der Waals surface area (Å²) in [6, 6.07) is 11.0. The molecule has 0 unspecified atom stereocenters. The normalized spacial score (nSPS) is 16.1. The lowest BCUT2D eigenvalue weighted by Crippen LogP contribution is -2.50. The number of ether oxygens (including phenoxy) is 1. The molecule has 0 radical (unpaired) electrons. The Balaban J connectivity index is 1.79. The maximum absolute atomic E-state index is 12.8. The van der Waals surface area contributed by atoms with Crippen molar-refractivity contribution < 1.29 is 17.9 Å². The first-order chi connectivity index (χ1) is 13.7. The zero-order chi connectivity index (χ0) is 21.2. The van der Waals surface area contributed by atoms with Gasteiger partial charge in [-0.05, 0) is 47.7 Å². The van der Waals surface area contributed by atoms with E-state index in [0.717, 1.165) is 29.0 Å². The third kappa shape index (κ3) is 4.85. The average molecular weight is 437 g/mol. The summed E-state index contributed by atoms with van der Waals surface area (Å²) in [4.78, 5) is 12.8. The minimum atomic E-state index is -3.59. The van der Waals surface area contributed by atoms with Crippen LogP contribution >= 0.6 is 11.6 Å². The van der Waals surface area contributed by atoms with E-state index in [1.54, 1.807) is 12.1 Å². The molecule has 1 aliphatic heterocycles. The topological polar surface area (TPSA) is 75.7 Å². The van der Waals surface area contributed by atoms with Crippen molar-refractivity contribution in [2.24, 2.45) is 0 Å². The zero-order valence-corrected chi connectivity index (χ0v) is 18.3. The summed E-state index contributed by atoms with van der Waals surface area (Å²) in [7, 11) is -3.59. The molecule has 0 aromatic heterocycles. The Labute approximate surface area is 176 Å². The van der Waals surface area contributed by atoms with Crippen molar-refractivity contribution in [3.05, 3.63) is 58.1 Å². The fourth-order valence-electron chi connectivity index (χ4n) is 3.38. The van der Waals surface area contributed by atoms with Gasteiger partial charge in [-0.15, -0.1) is 0 Å². The van der Waals surface area contributed by atoms with Crippen LogP contribution in [-0.2, 0) is 34.2 Å². The first-order valence-electron chi connectivity index (χ1n) is 9.55. The predicted octanol–water partition coefficient (Wildman–Crippen LogP) is 3.31. The van der Waals surface area contributed by atoms with Crippen LogP contribution in [0.5, 0.6) is 5.75 Å². The van der Waals surface area contributed by atoms with Crippen molar-refractivity contribution in [1.29, 1.82) is 0 Å². The minimum absolute atomic E-state index is 0.104. The molecule has 1 atom stereocenters. The SMILES string of the molecule is CCc1ccc(CC)c(CNC(=O)[C@@H]2CN(S(C)(=O)=O)c3cc(Cl)ccc3O2)c1. The van der Waals surface area contributed by atoms with Crippen LogP contribution < -0.4 is 14.4 Å². The summed E-state index contributed by atoms with van der Waals surface area (Å²) in [5.74, 6) is -0.0448. The molecule has 3 rings (SSSR count). The molecule has 1 heterocycles. The second-order valence-corrected chi connectivity index (χ2v) is 9.38. The number of benzene rings is 2. The van der Waals surface area contributed by atoms with Crippen molar-refractivity contribution in [1.82, 2.24) is 5.32 Å². The fourth-order valence-corrected chi connectivity index (χ4v) is 4.45. The van der Waals surface area contributed by atoms with E-state index in [1.165, 1.54) is 17.2 Å². The van der Waals surface area contributed by atoms with Gasteiger partial charge in [0, 0.05) is 11.6 Å². The molecule has 0 fully saturated rings. The van der Waals surface area contributed by atoms with E-state index in [1.807, 2.05) is 0 Å². The number of nitrogens with zero attached hydrogens (tertiary/aromatic N) is 1. The highest BCUT2D eigenvalue weighted by atomic mass is 35.5. The standard InChI is InChI=1S/C21H25ClN2O4S/c1-4-14-6-7-15(5-2)16(10-14)12-23-21(25)20-13-24(29(3,26)27)18-11-17(22)8-9-19(18)28-20/h6-11,20H,4-5,12-13H2,1-3H3,(H,23,25)/t20-/m0/s1. The third-order valence-electron chi connectivity index (χ3n) is 5.00. The van der Waals surface area contributed by atoms with Gasteiger partial charge in [-0.25, -0.2) is 8.42 Å². The summed E-state index contributed by atoms with van der Waals surface area (Å²) in [5, 5.41) is 3.29. The predicted molar refractivity (Wildman–Crippen MR) is 115 cm³/mol. The molecule has 1 N–H and O–H groups in total. The Morgan fingerprint density at radius 1 is 1.17 bits per heavy atom. The van der Waals surface area contributed by atoms with Gasteiger partial charge < -0.3 is 10.1 Å². The fraction of sp³-hybridized carbons (Fsp3) is 0.381. The number of fused-ring (bicyclic) bond motifs is 1. The molecule has 6 nitrogen and oxygen atoms in total. The second kappa shape index (κ2) is 8.63. The smallest absolute Gasteiger partial charge is 0.263 e. The van der Waals surface area contributed by atoms with Crippen molar-refractivity contribution in [3.8, 4) is 5.75 Å². The molecule has 156 valence electrons. The number of aryl methyl sites for hydroxylation is 2. The molecule has 1 aliphatic rings. The number of sulfonamides is 1. The Hall–Kier alpha value is -2.25. The first kappa shape index (κ1) is 21.5. The highest BCUT2D eigenvalue weighted by Gasteiger charge is 2.35. The Kier molecular flexibility index (Phi) is 6.39. The molecule has 1 amide bonds. The maximum Gasteiger partial charge on any atom is 0.263 e. The van der Waals surface area contributed by atoms with Gasteiger partial charge in [0.1, 0.15) is 5.75 Å². The number of amides is 1. The number of hydrogen-bond donors (Lipinski definition) is 1. The lowest BCUT2D eigenvalue weighted by molar-refractivity contribution is -0.127. The molecule has 0 saturated carbocycles. The number of anilines is 1. The van der Waals surface area contributed by atoms with Crippen LogP contribution in [0.2, 0.25) is 5.02 Å². The third-order valence-corrected chi connectivity index (χ3v) is 6.38. The number of carbonyl (C=O) groups excluding carboxylic acids is 1. The number of rotatable bonds is 6. The maximum atomic E-state index is 12.8. The van der Waals surface area contributed by atoms with E-state index >= 15 is 0 Å². The Morgan fingerprint density at radius 2 is 1.93 bits per heavy atom. The van der Waals surface area contributed by atoms with Gasteiger partial charge in [0.2, 0.25) is 10.0 Å². The largest absolute Gasteiger partial charge is 0.476 e. The summed E-state index contributed by atoms with van der Waals surface area (Å²) >= 11 is 6.01. The monoisotopic (exact) mass is 436 g/mol. The van der Waals surface area contributed by atoms with Crippen molar-refractivity contribution in [3.63, 3.8) is 0 Å². The summed E-state index contributed by atoms with van der Waals surface area (Å²) in [6.07, 6.45) is 1.93. The van der Waals surface area contributed by atoms with E-state index in [-0.39, 0.29) is 12.5 Å². The van der Waals surface area contributed by atoms with Crippen LogP contribution in [0.15, 0.2) is 36.4 Å². The van der Waals surface area contributed by atoms with Gasteiger partial charge in [0.25, 0.3) is 5.91 Å². The van der Waals surface area contributed by atoms with E-state index in [9.17, 15) is 13.2 Å². The summed E-state index contributed by atoms with van der Waals surface area (Å²) in [5.41, 5.74) is 3.77. The van der Waals surface area contributed by atoms with E-state index in [2.05, 4.69) is 37.4 Å². The van der Waals surface area contributed by atoms with Crippen LogP contribution in [0.4, 0.5) is 5.69 Å². The quantitative estimate of drug-likeness (QED) is 0.753. The lowest BCUT2D eigenvalue weighted by atomic mass is 10.0. The van der Waals surface area contributed by atoms with E-state index in [0.29, 0.717) is 23.0 Å². The number of halogens is 1. The van der Waals surface area contributed by atoms with Crippen LogP contribution in [0.3, 0.4) is 0 Å². The van der Waals surface area contributed by atoms with Gasteiger partial charge in [-0.2, -0.15) is 0 Å². The summed E-state index contributed by atoms with van der Waals surface area (Å²) < 4.78 is 31.5. The van der Waals surface area contributed by atoms with Gasteiger partial charge in [0.05, 0.1) is 18.5 Å². The van der Waals surface area contributed by atoms with Gasteiger partial charge in [0.15, 0.2) is 6.10 Å². The number of hydrogen-bond acceptors (Lipinski definition) is 4. The molecule has 8 heteroatoms. The molecular formula is C21H25ClN2O4S. The van der Waals surface area contributed by atoms with Crippen LogP contribution in [-0.4, -0.2) is 33.2 Å². The van der Waals surface area contributed by atoms with Crippen LogP contribution in [0, 0.1) is 0 Å². The highest BCUT2D eigenvalue weighted by Crippen LogP contribution is 2.37. The Morgan fingerprint density at radius 3 is 2.59 bits per heavy atom. The molecule has 29 heavy (non-hydrogen) atoms. The highest BCUT2D eigenvalue weighted by molar-refractivity contribution is 7.92. The molecule has 2 aromatic carbocycles. The molecule has 0 bridgehead atoms. The average Bonchev–Trinajstić information content (AvgIpc) is 2.70. The van der Waals surface area contributed by atoms with E-state index < -0.39 is 16.1 Å². The molecule has 0 spiro atoms. The van der Waals surface area contributed by atoms with Crippen LogP contribution in [0.25, 0.3) is 0 Å². The molecule has 0 saturated heterocycles. The summed E-state index contributed by atoms with van der Waals surface area (Å²) in [6.45, 7) is 4.42. The van der Waals surface area contributed by atoms with Gasteiger partial charge in [-0.3, -0.25) is 9.10 Å². The minimum Gasteiger partial charge on any atom is -0.476 e. The lowest BCUT2D eigenvalue weighted by Gasteiger charge is -2.34.